The molecule has 4 fully saturated rings. The topological polar surface area (TPSA) is 51.0 Å². The maximum Gasteiger partial charge on any atom is 0.230 e. The zero-order chi connectivity index (χ0) is 12.1. The van der Waals surface area contributed by atoms with Crippen LogP contribution >= 0.6 is 0 Å². The zero-order valence-electron chi connectivity index (χ0n) is 10.9. The van der Waals surface area contributed by atoms with Gasteiger partial charge in [0.05, 0.1) is 6.54 Å². The molecule has 0 amide bonds. The van der Waals surface area contributed by atoms with Gasteiger partial charge in [0.1, 0.15) is 0 Å². The first-order valence-electron chi connectivity index (χ1n) is 7.30. The van der Waals surface area contributed by atoms with Crippen LogP contribution in [0.25, 0.3) is 0 Å². The second-order valence-corrected chi connectivity index (χ2v) is 6.54. The molecule has 1 N–H and O–H groups in total. The Labute approximate surface area is 108 Å². The molecule has 4 aliphatic rings. The van der Waals surface area contributed by atoms with E-state index in [-0.39, 0.29) is 0 Å². The van der Waals surface area contributed by atoms with Crippen LogP contribution < -0.4 is 5.32 Å². The maximum absolute atomic E-state index is 5.54. The number of rotatable bonds is 3. The third-order valence-corrected chi connectivity index (χ3v) is 5.33. The summed E-state index contributed by atoms with van der Waals surface area (Å²) in [6.07, 6.45) is 7.11. The van der Waals surface area contributed by atoms with Crippen molar-refractivity contribution < 1.29 is 4.52 Å². The highest BCUT2D eigenvalue weighted by atomic mass is 16.5. The normalized spacial score (nSPS) is 41.5. The standard InChI is InChI=1S/C14H21N3O/c1-15-7-12-16-14(18-17-12)13-10-3-8-2-9(5-10)6-11(13)4-8/h8-11,13,15H,2-7H2,1H3. The molecule has 1 aromatic rings. The van der Waals surface area contributed by atoms with E-state index in [0.29, 0.717) is 12.5 Å². The highest BCUT2D eigenvalue weighted by Crippen LogP contribution is 2.59. The van der Waals surface area contributed by atoms with Gasteiger partial charge in [-0.15, -0.1) is 0 Å². The van der Waals surface area contributed by atoms with E-state index in [9.17, 15) is 0 Å². The van der Waals surface area contributed by atoms with Crippen LogP contribution in [0.1, 0.15) is 49.7 Å². The van der Waals surface area contributed by atoms with Crippen LogP contribution in [0, 0.1) is 23.7 Å². The molecule has 4 saturated carbocycles. The van der Waals surface area contributed by atoms with Crippen LogP contribution in [0.4, 0.5) is 0 Å². The minimum Gasteiger partial charge on any atom is -0.339 e. The summed E-state index contributed by atoms with van der Waals surface area (Å²) in [5.74, 6) is 5.95. The molecule has 1 aromatic heterocycles. The number of nitrogens with zero attached hydrogens (tertiary/aromatic N) is 2. The molecule has 18 heavy (non-hydrogen) atoms. The Morgan fingerprint density at radius 1 is 1.11 bits per heavy atom. The largest absolute Gasteiger partial charge is 0.339 e. The summed E-state index contributed by atoms with van der Waals surface area (Å²) in [6.45, 7) is 0.705. The molecule has 4 bridgehead atoms. The molecule has 4 nitrogen and oxygen atoms in total. The number of nitrogens with one attached hydrogen (secondary N) is 1. The van der Waals surface area contributed by atoms with Crippen LogP contribution in [0.3, 0.4) is 0 Å². The quantitative estimate of drug-likeness (QED) is 0.890. The molecule has 0 atom stereocenters. The molecule has 0 radical (unpaired) electrons. The smallest absolute Gasteiger partial charge is 0.230 e. The van der Waals surface area contributed by atoms with Crippen LogP contribution in [0.2, 0.25) is 0 Å². The molecule has 0 aliphatic heterocycles. The van der Waals surface area contributed by atoms with E-state index in [1.807, 2.05) is 7.05 Å². The SMILES string of the molecule is CNCc1noc(C2C3CC4CC(C3)CC2C4)n1. The molecule has 0 unspecified atom stereocenters. The summed E-state index contributed by atoms with van der Waals surface area (Å²) >= 11 is 0. The zero-order valence-corrected chi connectivity index (χ0v) is 10.9. The number of aromatic nitrogens is 2. The van der Waals surface area contributed by atoms with Crippen LogP contribution in [-0.4, -0.2) is 17.2 Å². The first-order valence-corrected chi connectivity index (χ1v) is 7.30. The van der Waals surface area contributed by atoms with Gasteiger partial charge in [-0.05, 0) is 62.8 Å². The first-order chi connectivity index (χ1) is 8.83. The Morgan fingerprint density at radius 3 is 2.39 bits per heavy atom. The monoisotopic (exact) mass is 247 g/mol. The molecule has 98 valence electrons. The van der Waals surface area contributed by atoms with Crippen molar-refractivity contribution in [3.63, 3.8) is 0 Å². The van der Waals surface area contributed by atoms with E-state index in [2.05, 4.69) is 15.5 Å². The van der Waals surface area contributed by atoms with E-state index in [0.717, 1.165) is 35.4 Å². The summed E-state index contributed by atoms with van der Waals surface area (Å²) in [4.78, 5) is 4.61. The van der Waals surface area contributed by atoms with Gasteiger partial charge in [0.25, 0.3) is 0 Å². The molecular weight excluding hydrogens is 226 g/mol. The summed E-state index contributed by atoms with van der Waals surface area (Å²) in [5, 5.41) is 7.17. The lowest BCUT2D eigenvalue weighted by molar-refractivity contribution is -0.0131. The molecule has 5 rings (SSSR count). The Hall–Kier alpha value is -0.900. The molecule has 4 heteroatoms. The Morgan fingerprint density at radius 2 is 1.78 bits per heavy atom. The van der Waals surface area contributed by atoms with Gasteiger partial charge in [-0.25, -0.2) is 0 Å². The predicted octanol–water partition coefficient (Wildman–Crippen LogP) is 2.33. The van der Waals surface area contributed by atoms with Crippen molar-refractivity contribution in [1.82, 2.24) is 15.5 Å². The lowest BCUT2D eigenvalue weighted by Gasteiger charge is -2.53. The van der Waals surface area contributed by atoms with Crippen molar-refractivity contribution in [2.75, 3.05) is 7.05 Å². The lowest BCUT2D eigenvalue weighted by Crippen LogP contribution is -2.43. The average molecular weight is 247 g/mol. The van der Waals surface area contributed by atoms with Crippen molar-refractivity contribution >= 4 is 0 Å². The minimum atomic E-state index is 0.566. The molecule has 0 aromatic carbocycles. The third kappa shape index (κ3) is 1.62. The molecule has 1 heterocycles. The van der Waals surface area contributed by atoms with E-state index in [1.165, 1.54) is 32.1 Å². The van der Waals surface area contributed by atoms with Crippen LogP contribution in [-0.2, 0) is 6.54 Å². The second kappa shape index (κ2) is 4.05. The minimum absolute atomic E-state index is 0.566. The summed E-state index contributed by atoms with van der Waals surface area (Å²) in [6, 6.07) is 0. The Bertz CT molecular complexity index is 414. The van der Waals surface area contributed by atoms with Crippen molar-refractivity contribution in [1.29, 1.82) is 0 Å². The van der Waals surface area contributed by atoms with Gasteiger partial charge >= 0.3 is 0 Å². The third-order valence-electron chi connectivity index (χ3n) is 5.33. The van der Waals surface area contributed by atoms with Crippen molar-refractivity contribution in [2.24, 2.45) is 23.7 Å². The average Bonchev–Trinajstić information content (AvgIpc) is 2.76. The van der Waals surface area contributed by atoms with E-state index in [1.54, 1.807) is 0 Å². The fourth-order valence-electron chi connectivity index (χ4n) is 4.96. The highest BCUT2D eigenvalue weighted by molar-refractivity contribution is 5.09. The van der Waals surface area contributed by atoms with Gasteiger partial charge < -0.3 is 9.84 Å². The molecule has 0 saturated heterocycles. The van der Waals surface area contributed by atoms with Crippen LogP contribution in [0.5, 0.6) is 0 Å². The van der Waals surface area contributed by atoms with Gasteiger partial charge in [-0.3, -0.25) is 0 Å². The van der Waals surface area contributed by atoms with Crippen LogP contribution in [0.15, 0.2) is 4.52 Å². The number of hydrogen-bond donors (Lipinski definition) is 1. The maximum atomic E-state index is 5.54. The van der Waals surface area contributed by atoms with E-state index >= 15 is 0 Å². The summed E-state index contributed by atoms with van der Waals surface area (Å²) in [5.41, 5.74) is 0. The Balaban J connectivity index is 1.60. The molecule has 0 spiro atoms. The highest BCUT2D eigenvalue weighted by Gasteiger charge is 2.50. The summed E-state index contributed by atoms with van der Waals surface area (Å²) < 4.78 is 5.54. The molecular formula is C14H21N3O. The van der Waals surface area contributed by atoms with Gasteiger partial charge in [0.2, 0.25) is 5.89 Å². The fourth-order valence-corrected chi connectivity index (χ4v) is 4.96. The second-order valence-electron chi connectivity index (χ2n) is 6.54. The predicted molar refractivity (Wildman–Crippen MR) is 66.8 cm³/mol. The van der Waals surface area contributed by atoms with Gasteiger partial charge in [0.15, 0.2) is 5.82 Å². The van der Waals surface area contributed by atoms with E-state index in [4.69, 9.17) is 4.52 Å². The summed E-state index contributed by atoms with van der Waals surface area (Å²) in [7, 11) is 1.92. The fraction of sp³-hybridized carbons (Fsp3) is 0.857. The lowest BCUT2D eigenvalue weighted by atomic mass is 9.52. The van der Waals surface area contributed by atoms with Gasteiger partial charge in [0, 0.05) is 5.92 Å². The number of hydrogen-bond acceptors (Lipinski definition) is 4. The molecule has 4 aliphatic carbocycles. The van der Waals surface area contributed by atoms with Crippen molar-refractivity contribution in [2.45, 2.75) is 44.6 Å². The first kappa shape index (κ1) is 11.0. The Kier molecular flexibility index (Phi) is 2.47. The van der Waals surface area contributed by atoms with E-state index < -0.39 is 0 Å². The van der Waals surface area contributed by atoms with Crippen molar-refractivity contribution in [3.8, 4) is 0 Å². The van der Waals surface area contributed by atoms with Crippen molar-refractivity contribution in [3.05, 3.63) is 11.7 Å². The van der Waals surface area contributed by atoms with Gasteiger partial charge in [-0.1, -0.05) is 5.16 Å². The van der Waals surface area contributed by atoms with Gasteiger partial charge in [-0.2, -0.15) is 4.98 Å².